The third-order valence-corrected chi connectivity index (χ3v) is 3.17. The molecule has 0 radical (unpaired) electrons. The smallest absolute Gasteiger partial charge is 0.0223 e. The molecule has 0 aromatic carbocycles. The van der Waals surface area contributed by atoms with E-state index in [1.165, 1.54) is 32.5 Å². The second kappa shape index (κ2) is 6.38. The molecule has 0 aromatic heterocycles. The Balaban J connectivity index is 2.21. The number of likely N-dealkylation sites (N-methyl/N-ethyl adjacent to an activating group) is 3. The van der Waals surface area contributed by atoms with Gasteiger partial charge in [-0.25, -0.2) is 0 Å². The summed E-state index contributed by atoms with van der Waals surface area (Å²) in [4.78, 5) is 5.05. The Bertz CT molecular complexity index is 149. The first-order valence-corrected chi connectivity index (χ1v) is 5.85. The lowest BCUT2D eigenvalue weighted by Crippen LogP contribution is -2.40. The molecule has 3 heteroatoms. The van der Waals surface area contributed by atoms with E-state index in [2.05, 4.69) is 29.1 Å². The van der Waals surface area contributed by atoms with Gasteiger partial charge in [0.2, 0.25) is 0 Å². The van der Waals surface area contributed by atoms with Gasteiger partial charge in [0.25, 0.3) is 0 Å². The lowest BCUT2D eigenvalue weighted by atomic mass is 10.2. The van der Waals surface area contributed by atoms with E-state index in [0.717, 1.165) is 19.1 Å². The van der Waals surface area contributed by atoms with Gasteiger partial charge in [-0.15, -0.1) is 0 Å². The number of hydrogen-bond donors (Lipinski definition) is 1. The van der Waals surface area contributed by atoms with Crippen molar-refractivity contribution in [3.63, 3.8) is 0 Å². The third kappa shape index (κ3) is 3.56. The monoisotopic (exact) mass is 199 g/mol. The number of rotatable bonds is 6. The molecule has 14 heavy (non-hydrogen) atoms. The van der Waals surface area contributed by atoms with Crippen LogP contribution in [0.15, 0.2) is 0 Å². The topological polar surface area (TPSA) is 18.5 Å². The minimum absolute atomic E-state index is 0.807. The average molecular weight is 199 g/mol. The van der Waals surface area contributed by atoms with Crippen LogP contribution in [-0.2, 0) is 0 Å². The Morgan fingerprint density at radius 2 is 2.29 bits per heavy atom. The summed E-state index contributed by atoms with van der Waals surface area (Å²) in [6.45, 7) is 8.27. The fourth-order valence-electron chi connectivity index (χ4n) is 2.27. The molecule has 1 heterocycles. The zero-order valence-electron chi connectivity index (χ0n) is 9.92. The summed E-state index contributed by atoms with van der Waals surface area (Å²) in [6, 6.07) is 0.807. The van der Waals surface area contributed by atoms with Gasteiger partial charge in [-0.3, -0.25) is 4.90 Å². The Labute approximate surface area is 88.5 Å². The van der Waals surface area contributed by atoms with Crippen LogP contribution in [-0.4, -0.2) is 62.7 Å². The van der Waals surface area contributed by atoms with Gasteiger partial charge < -0.3 is 10.2 Å². The van der Waals surface area contributed by atoms with Crippen LogP contribution in [0.25, 0.3) is 0 Å². The van der Waals surface area contributed by atoms with Crippen LogP contribution in [0.2, 0.25) is 0 Å². The standard InChI is InChI=1S/C11H25N3/c1-4-14-8-5-6-11(14)10-13(3)9-7-12-2/h11-12H,4-10H2,1-3H3. The number of hydrogen-bond acceptors (Lipinski definition) is 3. The zero-order chi connectivity index (χ0) is 10.4. The zero-order valence-corrected chi connectivity index (χ0v) is 9.92. The van der Waals surface area contributed by atoms with E-state index in [-0.39, 0.29) is 0 Å². The molecule has 1 aliphatic heterocycles. The van der Waals surface area contributed by atoms with Gasteiger partial charge in [-0.1, -0.05) is 6.92 Å². The fraction of sp³-hybridized carbons (Fsp3) is 1.00. The predicted molar refractivity (Wildman–Crippen MR) is 61.7 cm³/mol. The molecule has 84 valence electrons. The highest BCUT2D eigenvalue weighted by atomic mass is 15.2. The third-order valence-electron chi connectivity index (χ3n) is 3.17. The van der Waals surface area contributed by atoms with Crippen LogP contribution in [0.5, 0.6) is 0 Å². The maximum Gasteiger partial charge on any atom is 0.0223 e. The van der Waals surface area contributed by atoms with Gasteiger partial charge in [0, 0.05) is 25.7 Å². The summed E-state index contributed by atoms with van der Waals surface area (Å²) < 4.78 is 0. The van der Waals surface area contributed by atoms with Crippen molar-refractivity contribution in [1.29, 1.82) is 0 Å². The molecule has 1 rings (SSSR count). The molecule has 1 saturated heterocycles. The predicted octanol–water partition coefficient (Wildman–Crippen LogP) is 0.622. The molecular weight excluding hydrogens is 174 g/mol. The first-order chi connectivity index (χ1) is 6.77. The largest absolute Gasteiger partial charge is 0.318 e. The van der Waals surface area contributed by atoms with Crippen molar-refractivity contribution in [1.82, 2.24) is 15.1 Å². The van der Waals surface area contributed by atoms with E-state index in [1.54, 1.807) is 0 Å². The van der Waals surface area contributed by atoms with Crippen LogP contribution in [0.1, 0.15) is 19.8 Å². The molecule has 0 saturated carbocycles. The molecule has 0 aromatic rings. The van der Waals surface area contributed by atoms with Crippen molar-refractivity contribution in [2.75, 3.05) is 46.8 Å². The van der Waals surface area contributed by atoms with Gasteiger partial charge in [0.05, 0.1) is 0 Å². The second-order valence-electron chi connectivity index (χ2n) is 4.29. The van der Waals surface area contributed by atoms with Crippen molar-refractivity contribution >= 4 is 0 Å². The van der Waals surface area contributed by atoms with E-state index in [4.69, 9.17) is 0 Å². The molecule has 1 atom stereocenters. The van der Waals surface area contributed by atoms with Crippen LogP contribution in [0.4, 0.5) is 0 Å². The second-order valence-corrected chi connectivity index (χ2v) is 4.29. The van der Waals surface area contributed by atoms with Crippen LogP contribution >= 0.6 is 0 Å². The maximum absolute atomic E-state index is 3.19. The summed E-state index contributed by atoms with van der Waals surface area (Å²) >= 11 is 0. The number of nitrogens with zero attached hydrogens (tertiary/aromatic N) is 2. The molecule has 0 spiro atoms. The summed E-state index contributed by atoms with van der Waals surface area (Å²) in [5.41, 5.74) is 0. The molecule has 1 fully saturated rings. The lowest BCUT2D eigenvalue weighted by molar-refractivity contribution is 0.199. The van der Waals surface area contributed by atoms with E-state index in [1.807, 2.05) is 7.05 Å². The van der Waals surface area contributed by atoms with E-state index in [0.29, 0.717) is 0 Å². The van der Waals surface area contributed by atoms with Gasteiger partial charge >= 0.3 is 0 Å². The van der Waals surface area contributed by atoms with Crippen LogP contribution in [0, 0.1) is 0 Å². The van der Waals surface area contributed by atoms with Crippen molar-refractivity contribution in [3.8, 4) is 0 Å². The normalized spacial score (nSPS) is 23.6. The Morgan fingerprint density at radius 3 is 2.93 bits per heavy atom. The highest BCUT2D eigenvalue weighted by Crippen LogP contribution is 2.16. The SMILES string of the molecule is CCN1CCCC1CN(C)CCNC. The first-order valence-electron chi connectivity index (χ1n) is 5.85. The molecule has 1 unspecified atom stereocenters. The summed E-state index contributed by atoms with van der Waals surface area (Å²) in [5.74, 6) is 0. The van der Waals surface area contributed by atoms with Crippen molar-refractivity contribution in [3.05, 3.63) is 0 Å². The van der Waals surface area contributed by atoms with Crippen molar-refractivity contribution < 1.29 is 0 Å². The molecular formula is C11H25N3. The maximum atomic E-state index is 3.19. The Kier molecular flexibility index (Phi) is 5.45. The summed E-state index contributed by atoms with van der Waals surface area (Å²) in [5, 5.41) is 3.19. The highest BCUT2D eigenvalue weighted by Gasteiger charge is 2.23. The molecule has 0 aliphatic carbocycles. The van der Waals surface area contributed by atoms with Gasteiger partial charge in [-0.2, -0.15) is 0 Å². The van der Waals surface area contributed by atoms with Crippen LogP contribution in [0.3, 0.4) is 0 Å². The van der Waals surface area contributed by atoms with E-state index in [9.17, 15) is 0 Å². The summed E-state index contributed by atoms with van der Waals surface area (Å²) in [7, 11) is 4.24. The van der Waals surface area contributed by atoms with Gasteiger partial charge in [0.1, 0.15) is 0 Å². The quantitative estimate of drug-likeness (QED) is 0.676. The van der Waals surface area contributed by atoms with E-state index >= 15 is 0 Å². The molecule has 0 amide bonds. The Morgan fingerprint density at radius 1 is 1.50 bits per heavy atom. The van der Waals surface area contributed by atoms with Crippen LogP contribution < -0.4 is 5.32 Å². The van der Waals surface area contributed by atoms with Crippen molar-refractivity contribution in [2.24, 2.45) is 0 Å². The number of likely N-dealkylation sites (tertiary alicyclic amines) is 1. The molecule has 1 N–H and O–H groups in total. The highest BCUT2D eigenvalue weighted by molar-refractivity contribution is 4.80. The first kappa shape index (κ1) is 12.0. The average Bonchev–Trinajstić information content (AvgIpc) is 2.62. The minimum Gasteiger partial charge on any atom is -0.318 e. The summed E-state index contributed by atoms with van der Waals surface area (Å²) in [6.07, 6.45) is 2.77. The molecule has 1 aliphatic rings. The minimum atomic E-state index is 0.807. The molecule has 3 nitrogen and oxygen atoms in total. The lowest BCUT2D eigenvalue weighted by Gasteiger charge is -2.27. The Hall–Kier alpha value is -0.120. The molecule has 0 bridgehead atoms. The van der Waals surface area contributed by atoms with Crippen molar-refractivity contribution in [2.45, 2.75) is 25.8 Å². The number of nitrogens with one attached hydrogen (secondary N) is 1. The fourth-order valence-corrected chi connectivity index (χ4v) is 2.27. The van der Waals surface area contributed by atoms with E-state index < -0.39 is 0 Å². The van der Waals surface area contributed by atoms with Gasteiger partial charge in [0.15, 0.2) is 0 Å². The van der Waals surface area contributed by atoms with Gasteiger partial charge in [-0.05, 0) is 40.0 Å².